The maximum absolute atomic E-state index is 5.34. The smallest absolute Gasteiger partial charge is 0.187 e. The Hall–Kier alpha value is -0.130. The van der Waals surface area contributed by atoms with Crippen molar-refractivity contribution in [1.82, 2.24) is 9.97 Å². The minimum Gasteiger partial charge on any atom is -1.00 e. The van der Waals surface area contributed by atoms with Gasteiger partial charge in [-0.3, -0.25) is 0 Å². The molecule has 0 bridgehead atoms. The third-order valence-corrected chi connectivity index (χ3v) is 2.08. The van der Waals surface area contributed by atoms with Gasteiger partial charge in [0.1, 0.15) is 0 Å². The van der Waals surface area contributed by atoms with E-state index in [0.29, 0.717) is 0 Å². The molecule has 0 aliphatic heterocycles. The topological polar surface area (TPSA) is 51.8 Å². The lowest BCUT2D eigenvalue weighted by Gasteiger charge is -1.95. The van der Waals surface area contributed by atoms with Gasteiger partial charge in [0, 0.05) is 18.1 Å². The minimum absolute atomic E-state index is 0. The van der Waals surface area contributed by atoms with Crippen LogP contribution in [0.1, 0.15) is 6.42 Å². The van der Waals surface area contributed by atoms with Crippen molar-refractivity contribution in [3.63, 3.8) is 0 Å². The van der Waals surface area contributed by atoms with Crippen LogP contribution in [0.15, 0.2) is 23.6 Å². The summed E-state index contributed by atoms with van der Waals surface area (Å²) >= 11 is 1.64. The van der Waals surface area contributed by atoms with Crippen LogP contribution in [0.2, 0.25) is 0 Å². The molecule has 0 aliphatic carbocycles. The fourth-order valence-electron chi connectivity index (χ4n) is 0.607. The molecule has 12 heavy (non-hydrogen) atoms. The normalized spacial score (nSPS) is 9.08. The quantitative estimate of drug-likeness (QED) is 0.378. The molecule has 0 unspecified atom stereocenters. The van der Waals surface area contributed by atoms with Crippen LogP contribution in [-0.2, 0) is 0 Å². The Bertz CT molecular complexity index is 195. The second kappa shape index (κ2) is 7.52. The highest BCUT2D eigenvalue weighted by atomic mass is 79.9. The number of rotatable bonds is 4. The standard InChI is InChI=1S/C7H11N3S.BrH/c8-3-1-6-11-7-9-4-2-5-10-7;/h2,4-5H,1,3,6,8H2;1H/p-1. The van der Waals surface area contributed by atoms with Gasteiger partial charge >= 0.3 is 0 Å². The van der Waals surface area contributed by atoms with E-state index in [4.69, 9.17) is 5.73 Å². The van der Waals surface area contributed by atoms with Crippen LogP contribution < -0.4 is 22.7 Å². The van der Waals surface area contributed by atoms with Gasteiger partial charge in [-0.2, -0.15) is 0 Å². The first-order valence-electron chi connectivity index (χ1n) is 3.53. The molecule has 0 amide bonds. The van der Waals surface area contributed by atoms with Crippen molar-refractivity contribution in [2.75, 3.05) is 12.3 Å². The van der Waals surface area contributed by atoms with Gasteiger partial charge in [0.05, 0.1) is 0 Å². The molecule has 2 N–H and O–H groups in total. The Kier molecular flexibility index (Phi) is 7.43. The van der Waals surface area contributed by atoms with Crippen molar-refractivity contribution in [2.45, 2.75) is 11.6 Å². The molecule has 1 aromatic rings. The fourth-order valence-corrected chi connectivity index (χ4v) is 1.37. The van der Waals surface area contributed by atoms with Crippen LogP contribution in [0.3, 0.4) is 0 Å². The number of hydrogen-bond acceptors (Lipinski definition) is 4. The summed E-state index contributed by atoms with van der Waals surface area (Å²) in [5.74, 6) is 1.00. The van der Waals surface area contributed by atoms with Crippen LogP contribution in [0.4, 0.5) is 0 Å². The van der Waals surface area contributed by atoms with Gasteiger partial charge in [0.2, 0.25) is 0 Å². The lowest BCUT2D eigenvalue weighted by molar-refractivity contribution is -0.00000245. The highest BCUT2D eigenvalue weighted by Gasteiger charge is 1.92. The molecule has 1 heterocycles. The van der Waals surface area contributed by atoms with E-state index < -0.39 is 0 Å². The summed E-state index contributed by atoms with van der Waals surface area (Å²) in [6.07, 6.45) is 4.51. The van der Waals surface area contributed by atoms with E-state index in [0.717, 1.165) is 23.9 Å². The number of hydrogen-bond donors (Lipinski definition) is 1. The molecule has 3 nitrogen and oxygen atoms in total. The summed E-state index contributed by atoms with van der Waals surface area (Å²) in [5.41, 5.74) is 5.34. The van der Waals surface area contributed by atoms with Gasteiger partial charge in [-0.25, -0.2) is 9.97 Å². The molecule has 5 heteroatoms. The first kappa shape index (κ1) is 11.9. The summed E-state index contributed by atoms with van der Waals surface area (Å²) < 4.78 is 0. The Morgan fingerprint density at radius 1 is 1.33 bits per heavy atom. The molecule has 0 saturated heterocycles. The average Bonchev–Trinajstić information content (AvgIpc) is 2.07. The highest BCUT2D eigenvalue weighted by Crippen LogP contribution is 2.10. The van der Waals surface area contributed by atoms with Crippen molar-refractivity contribution < 1.29 is 17.0 Å². The number of nitrogens with two attached hydrogens (primary N) is 1. The van der Waals surface area contributed by atoms with Crippen molar-refractivity contribution in [1.29, 1.82) is 0 Å². The van der Waals surface area contributed by atoms with Crippen LogP contribution in [-0.4, -0.2) is 22.3 Å². The predicted molar refractivity (Wildman–Crippen MR) is 46.4 cm³/mol. The van der Waals surface area contributed by atoms with E-state index in [1.807, 2.05) is 6.07 Å². The molecule has 0 saturated carbocycles. The van der Waals surface area contributed by atoms with Crippen molar-refractivity contribution >= 4 is 11.8 Å². The molecule has 0 aliphatic rings. The molecular formula is C7H11BrN3S-. The van der Waals surface area contributed by atoms with Gasteiger partial charge in [-0.05, 0) is 19.0 Å². The monoisotopic (exact) mass is 248 g/mol. The van der Waals surface area contributed by atoms with Gasteiger partial charge in [-0.15, -0.1) is 0 Å². The third-order valence-electron chi connectivity index (χ3n) is 1.12. The van der Waals surface area contributed by atoms with Gasteiger partial charge in [0.25, 0.3) is 0 Å². The zero-order chi connectivity index (χ0) is 7.94. The summed E-state index contributed by atoms with van der Waals surface area (Å²) in [6, 6.07) is 1.81. The Balaban J connectivity index is 0.00000121. The summed E-state index contributed by atoms with van der Waals surface area (Å²) in [5, 5.41) is 0.834. The molecule has 0 radical (unpaired) electrons. The van der Waals surface area contributed by atoms with Crippen molar-refractivity contribution in [2.24, 2.45) is 5.73 Å². The molecule has 1 aromatic heterocycles. The molecular weight excluding hydrogens is 238 g/mol. The van der Waals surface area contributed by atoms with E-state index in [-0.39, 0.29) is 17.0 Å². The number of halogens is 1. The van der Waals surface area contributed by atoms with Crippen LogP contribution in [0, 0.1) is 0 Å². The SMILES string of the molecule is NCCCSc1ncccn1.[Br-]. The number of thioether (sulfide) groups is 1. The van der Waals surface area contributed by atoms with Gasteiger partial charge < -0.3 is 22.7 Å². The first-order chi connectivity index (χ1) is 5.43. The third kappa shape index (κ3) is 4.69. The van der Waals surface area contributed by atoms with Crippen molar-refractivity contribution in [3.05, 3.63) is 18.5 Å². The van der Waals surface area contributed by atoms with Crippen LogP contribution in [0.25, 0.3) is 0 Å². The number of aromatic nitrogens is 2. The first-order valence-corrected chi connectivity index (χ1v) is 4.52. The molecule has 0 aromatic carbocycles. The van der Waals surface area contributed by atoms with Gasteiger partial charge in [-0.1, -0.05) is 11.8 Å². The van der Waals surface area contributed by atoms with Crippen LogP contribution in [0.5, 0.6) is 0 Å². The molecule has 0 fully saturated rings. The maximum Gasteiger partial charge on any atom is 0.187 e. The maximum atomic E-state index is 5.34. The molecule has 1 rings (SSSR count). The second-order valence-electron chi connectivity index (χ2n) is 2.02. The zero-order valence-electron chi connectivity index (χ0n) is 6.61. The lowest BCUT2D eigenvalue weighted by atomic mass is 10.5. The van der Waals surface area contributed by atoms with Crippen molar-refractivity contribution in [3.8, 4) is 0 Å². The zero-order valence-corrected chi connectivity index (χ0v) is 9.01. The Morgan fingerprint density at radius 3 is 2.58 bits per heavy atom. The van der Waals surface area contributed by atoms with E-state index in [1.54, 1.807) is 24.2 Å². The Morgan fingerprint density at radius 2 is 2.00 bits per heavy atom. The average molecular weight is 249 g/mol. The van der Waals surface area contributed by atoms with E-state index in [9.17, 15) is 0 Å². The highest BCUT2D eigenvalue weighted by molar-refractivity contribution is 7.99. The van der Waals surface area contributed by atoms with Crippen LogP contribution >= 0.6 is 11.8 Å². The van der Waals surface area contributed by atoms with E-state index in [2.05, 4.69) is 9.97 Å². The largest absolute Gasteiger partial charge is 1.00 e. The second-order valence-corrected chi connectivity index (χ2v) is 3.08. The summed E-state index contributed by atoms with van der Waals surface area (Å²) in [4.78, 5) is 8.12. The summed E-state index contributed by atoms with van der Waals surface area (Å²) in [7, 11) is 0. The fraction of sp³-hybridized carbons (Fsp3) is 0.429. The van der Waals surface area contributed by atoms with Gasteiger partial charge in [0.15, 0.2) is 5.16 Å². The lowest BCUT2D eigenvalue weighted by Crippen LogP contribution is -3.00. The minimum atomic E-state index is 0. The molecule has 68 valence electrons. The number of nitrogens with zero attached hydrogens (tertiary/aromatic N) is 2. The molecule has 0 spiro atoms. The summed E-state index contributed by atoms with van der Waals surface area (Å²) in [6.45, 7) is 0.736. The molecule has 0 atom stereocenters. The van der Waals surface area contributed by atoms with E-state index in [1.165, 1.54) is 0 Å². The van der Waals surface area contributed by atoms with E-state index >= 15 is 0 Å². The Labute approximate surface area is 86.9 Å². The predicted octanol–water partition coefficient (Wildman–Crippen LogP) is -2.08.